The normalized spacial score (nSPS) is 10.0. The summed E-state index contributed by atoms with van der Waals surface area (Å²) in [5.74, 6) is 1.41. The average Bonchev–Trinajstić information content (AvgIpc) is 2.48. The number of methoxy groups -OCH3 is 2. The molecule has 108 valence electrons. The highest BCUT2D eigenvalue weighted by molar-refractivity contribution is 7.99. The van der Waals surface area contributed by atoms with E-state index in [0.29, 0.717) is 16.3 Å². The van der Waals surface area contributed by atoms with E-state index in [1.807, 2.05) is 25.1 Å². The van der Waals surface area contributed by atoms with Gasteiger partial charge in [-0.05, 0) is 42.8 Å². The number of aryl methyl sites for hydroxylation is 1. The van der Waals surface area contributed by atoms with E-state index in [4.69, 9.17) is 26.3 Å². The molecule has 0 heterocycles. The van der Waals surface area contributed by atoms with Gasteiger partial charge in [-0.15, -0.1) is 0 Å². The summed E-state index contributed by atoms with van der Waals surface area (Å²) >= 11 is 7.72. The molecule has 0 spiro atoms. The zero-order valence-electron chi connectivity index (χ0n) is 11.9. The summed E-state index contributed by atoms with van der Waals surface area (Å²) in [6, 6.07) is 11.3. The van der Waals surface area contributed by atoms with E-state index in [-0.39, 0.29) is 0 Å². The Morgan fingerprint density at radius 2 is 1.90 bits per heavy atom. The van der Waals surface area contributed by atoms with Crippen molar-refractivity contribution in [3.63, 3.8) is 0 Å². The van der Waals surface area contributed by atoms with Crippen LogP contribution in [0.15, 0.2) is 40.1 Å². The maximum Gasteiger partial charge on any atom is 0.163 e. The molecule has 0 fully saturated rings. The molecule has 3 nitrogen and oxygen atoms in total. The predicted octanol–water partition coefficient (Wildman–Crippen LogP) is 4.69. The molecule has 5 heteroatoms. The lowest BCUT2D eigenvalue weighted by Gasteiger charge is -2.13. The van der Waals surface area contributed by atoms with Gasteiger partial charge in [-0.25, -0.2) is 0 Å². The molecule has 0 aromatic heterocycles. The largest absolute Gasteiger partial charge is 0.493 e. The van der Waals surface area contributed by atoms with Gasteiger partial charge in [0.15, 0.2) is 11.5 Å². The lowest BCUT2D eigenvalue weighted by Crippen LogP contribution is -1.93. The van der Waals surface area contributed by atoms with Crippen LogP contribution in [0.5, 0.6) is 11.5 Å². The van der Waals surface area contributed by atoms with Crippen molar-refractivity contribution in [3.05, 3.63) is 46.5 Å². The van der Waals surface area contributed by atoms with Gasteiger partial charge in [0.05, 0.1) is 30.9 Å². The van der Waals surface area contributed by atoms with Crippen LogP contribution >= 0.6 is 23.4 Å². The topological polar surface area (TPSA) is 42.2 Å². The van der Waals surface area contributed by atoms with Crippen LogP contribution in [0.2, 0.25) is 5.02 Å². The third kappa shape index (κ3) is 3.44. The first-order valence-electron chi connectivity index (χ1n) is 6.19. The molecule has 0 aliphatic heterocycles. The predicted molar refractivity (Wildman–Crippen MR) is 84.6 cm³/mol. The molecule has 0 bridgehead atoms. The van der Waals surface area contributed by atoms with Gasteiger partial charge in [0.25, 0.3) is 0 Å². The fourth-order valence-electron chi connectivity index (χ4n) is 1.96. The summed E-state index contributed by atoms with van der Waals surface area (Å²) in [4.78, 5) is 1.89. The van der Waals surface area contributed by atoms with Crippen LogP contribution in [0, 0.1) is 18.3 Å². The van der Waals surface area contributed by atoms with Crippen LogP contribution in [0.1, 0.15) is 11.1 Å². The van der Waals surface area contributed by atoms with E-state index in [2.05, 4.69) is 6.07 Å². The van der Waals surface area contributed by atoms with E-state index in [0.717, 1.165) is 21.1 Å². The second-order valence-electron chi connectivity index (χ2n) is 4.33. The molecule has 0 aliphatic rings. The van der Waals surface area contributed by atoms with Crippen LogP contribution in [-0.2, 0) is 0 Å². The van der Waals surface area contributed by atoms with E-state index in [9.17, 15) is 0 Å². The van der Waals surface area contributed by atoms with Crippen LogP contribution in [-0.4, -0.2) is 14.2 Å². The summed E-state index contributed by atoms with van der Waals surface area (Å²) in [6.45, 7) is 1.96. The molecule has 0 aliphatic carbocycles. The van der Waals surface area contributed by atoms with E-state index in [1.54, 1.807) is 26.4 Å². The van der Waals surface area contributed by atoms with Crippen molar-refractivity contribution in [2.75, 3.05) is 14.2 Å². The van der Waals surface area contributed by atoms with Crippen molar-refractivity contribution in [1.29, 1.82) is 5.26 Å². The zero-order valence-corrected chi connectivity index (χ0v) is 13.5. The molecule has 0 saturated carbocycles. The molecule has 2 aromatic rings. The van der Waals surface area contributed by atoms with Crippen LogP contribution in [0.4, 0.5) is 0 Å². The van der Waals surface area contributed by atoms with E-state index < -0.39 is 0 Å². The van der Waals surface area contributed by atoms with Crippen molar-refractivity contribution < 1.29 is 9.47 Å². The van der Waals surface area contributed by atoms with Crippen LogP contribution < -0.4 is 9.47 Å². The summed E-state index contributed by atoms with van der Waals surface area (Å²) in [5.41, 5.74) is 1.54. The highest BCUT2D eigenvalue weighted by Gasteiger charge is 2.11. The SMILES string of the molecule is COc1cc(Sc2ccc(C#N)cc2Cl)cc(C)c1OC. The van der Waals surface area contributed by atoms with Crippen LogP contribution in [0.25, 0.3) is 0 Å². The molecule has 2 aromatic carbocycles. The van der Waals surface area contributed by atoms with Gasteiger partial charge in [-0.2, -0.15) is 5.26 Å². The Hall–Kier alpha value is -1.83. The number of nitrogens with zero attached hydrogens (tertiary/aromatic N) is 1. The third-order valence-electron chi connectivity index (χ3n) is 2.93. The van der Waals surface area contributed by atoms with Crippen molar-refractivity contribution >= 4 is 23.4 Å². The molecule has 0 radical (unpaired) electrons. The number of hydrogen-bond acceptors (Lipinski definition) is 4. The molecule has 0 saturated heterocycles. The lowest BCUT2D eigenvalue weighted by molar-refractivity contribution is 0.352. The molecule has 0 unspecified atom stereocenters. The van der Waals surface area contributed by atoms with Crippen molar-refractivity contribution in [2.45, 2.75) is 16.7 Å². The number of benzene rings is 2. The second-order valence-corrected chi connectivity index (χ2v) is 5.86. The second kappa shape index (κ2) is 6.75. The number of hydrogen-bond donors (Lipinski definition) is 0. The molecule has 21 heavy (non-hydrogen) atoms. The quantitative estimate of drug-likeness (QED) is 0.820. The number of halogens is 1. The maximum absolute atomic E-state index is 8.86. The average molecular weight is 320 g/mol. The smallest absolute Gasteiger partial charge is 0.163 e. The Balaban J connectivity index is 2.36. The summed E-state index contributed by atoms with van der Waals surface area (Å²) in [5, 5.41) is 9.42. The number of nitriles is 1. The molecular formula is C16H14ClNO2S. The first-order chi connectivity index (χ1) is 10.1. The molecule has 0 atom stereocenters. The summed E-state index contributed by atoms with van der Waals surface area (Å²) < 4.78 is 10.7. The first kappa shape index (κ1) is 15.6. The highest BCUT2D eigenvalue weighted by atomic mass is 35.5. The standard InChI is InChI=1S/C16H14ClNO2S/c1-10-6-12(8-14(19-2)16(10)20-3)21-15-5-4-11(9-18)7-13(15)17/h4-8H,1-3H3. The van der Waals surface area contributed by atoms with E-state index >= 15 is 0 Å². The third-order valence-corrected chi connectivity index (χ3v) is 4.40. The lowest BCUT2D eigenvalue weighted by atomic mass is 10.2. The van der Waals surface area contributed by atoms with Gasteiger partial charge in [0, 0.05) is 9.79 Å². The van der Waals surface area contributed by atoms with Crippen LogP contribution in [0.3, 0.4) is 0 Å². The van der Waals surface area contributed by atoms with Gasteiger partial charge in [0.2, 0.25) is 0 Å². The van der Waals surface area contributed by atoms with Gasteiger partial charge in [-0.3, -0.25) is 0 Å². The van der Waals surface area contributed by atoms with E-state index in [1.165, 1.54) is 11.8 Å². The van der Waals surface area contributed by atoms with Crippen molar-refractivity contribution in [1.82, 2.24) is 0 Å². The van der Waals surface area contributed by atoms with Crippen molar-refractivity contribution in [2.24, 2.45) is 0 Å². The Bertz CT molecular complexity index is 710. The Morgan fingerprint density at radius 1 is 1.14 bits per heavy atom. The Morgan fingerprint density at radius 3 is 2.48 bits per heavy atom. The molecular weight excluding hydrogens is 306 g/mol. The highest BCUT2D eigenvalue weighted by Crippen LogP contribution is 2.40. The monoisotopic (exact) mass is 319 g/mol. The molecule has 2 rings (SSSR count). The van der Waals surface area contributed by atoms with Gasteiger partial charge in [-0.1, -0.05) is 23.4 Å². The maximum atomic E-state index is 8.86. The molecule has 0 amide bonds. The summed E-state index contributed by atoms with van der Waals surface area (Å²) in [7, 11) is 3.23. The number of ether oxygens (including phenoxy) is 2. The minimum Gasteiger partial charge on any atom is -0.493 e. The zero-order chi connectivity index (χ0) is 15.4. The fraction of sp³-hybridized carbons (Fsp3) is 0.188. The van der Waals surface area contributed by atoms with Crippen molar-refractivity contribution in [3.8, 4) is 17.6 Å². The van der Waals surface area contributed by atoms with Gasteiger partial charge >= 0.3 is 0 Å². The Kier molecular flexibility index (Phi) is 5.00. The molecule has 0 N–H and O–H groups in total. The number of rotatable bonds is 4. The summed E-state index contributed by atoms with van der Waals surface area (Å²) in [6.07, 6.45) is 0. The minimum absolute atomic E-state index is 0.549. The van der Waals surface area contributed by atoms with Gasteiger partial charge < -0.3 is 9.47 Å². The minimum atomic E-state index is 0.549. The van der Waals surface area contributed by atoms with Gasteiger partial charge in [0.1, 0.15) is 0 Å². The Labute approximate surface area is 133 Å². The first-order valence-corrected chi connectivity index (χ1v) is 7.38. The fourth-order valence-corrected chi connectivity index (χ4v) is 3.21.